The lowest BCUT2D eigenvalue weighted by Crippen LogP contribution is -2.18. The number of hydrogen-bond acceptors (Lipinski definition) is 2. The predicted octanol–water partition coefficient (Wildman–Crippen LogP) is 5.61. The Bertz CT molecular complexity index is 598. The quantitative estimate of drug-likeness (QED) is 0.702. The molecule has 0 spiro atoms. The first-order valence-corrected chi connectivity index (χ1v) is 8.04. The smallest absolute Gasteiger partial charge is 0.142 e. The summed E-state index contributed by atoms with van der Waals surface area (Å²) in [5, 5.41) is 3.89. The first-order chi connectivity index (χ1) is 9.51. The summed E-state index contributed by atoms with van der Waals surface area (Å²) in [6.07, 6.45) is 1.05. The lowest BCUT2D eigenvalue weighted by Gasteiger charge is -2.15. The lowest BCUT2D eigenvalue weighted by atomic mass is 10.1. The van der Waals surface area contributed by atoms with Crippen molar-refractivity contribution >= 4 is 34.5 Å². The van der Waals surface area contributed by atoms with Gasteiger partial charge in [0.25, 0.3) is 0 Å². The summed E-state index contributed by atoms with van der Waals surface area (Å²) in [6, 6.07) is 7.07. The van der Waals surface area contributed by atoms with Crippen LogP contribution >= 0.6 is 34.5 Å². The molecule has 0 saturated heterocycles. The molecule has 0 bridgehead atoms. The fourth-order valence-electron chi connectivity index (χ4n) is 1.94. The molecule has 1 N–H and O–H groups in total. The highest BCUT2D eigenvalue weighted by molar-refractivity contribution is 7.11. The summed E-state index contributed by atoms with van der Waals surface area (Å²) in [6.45, 7) is 4.84. The number of aryl methyl sites for hydroxylation is 1. The van der Waals surface area contributed by atoms with E-state index in [1.54, 1.807) is 11.3 Å². The Hall–Kier alpha value is -0.610. The standard InChI is InChI=1S/C15H16Cl2FNS/c1-3-10-4-5-11(20-10)8-19-9(2)12-6-15(18)14(17)7-13(12)16/h4-7,9,19H,3,8H2,1-2H3. The average Bonchev–Trinajstić information content (AvgIpc) is 2.88. The van der Waals surface area contributed by atoms with E-state index in [4.69, 9.17) is 23.2 Å². The highest BCUT2D eigenvalue weighted by Gasteiger charge is 2.13. The fourth-order valence-corrected chi connectivity index (χ4v) is 3.40. The van der Waals surface area contributed by atoms with Crippen molar-refractivity contribution in [3.63, 3.8) is 0 Å². The summed E-state index contributed by atoms with van der Waals surface area (Å²) in [5.41, 5.74) is 0.723. The van der Waals surface area contributed by atoms with Gasteiger partial charge in [0, 0.05) is 27.4 Å². The Labute approximate surface area is 132 Å². The van der Waals surface area contributed by atoms with Crippen molar-refractivity contribution in [3.05, 3.63) is 55.4 Å². The van der Waals surface area contributed by atoms with E-state index in [0.29, 0.717) is 5.02 Å². The minimum Gasteiger partial charge on any atom is -0.305 e. The second-order valence-electron chi connectivity index (χ2n) is 4.61. The third kappa shape index (κ3) is 3.73. The molecular formula is C15H16Cl2FNS. The number of hydrogen-bond donors (Lipinski definition) is 1. The number of benzene rings is 1. The Balaban J connectivity index is 2.04. The number of thiophene rings is 1. The van der Waals surface area contributed by atoms with Crippen LogP contribution in [0.2, 0.25) is 10.0 Å². The maximum absolute atomic E-state index is 13.5. The molecular weight excluding hydrogens is 316 g/mol. The van der Waals surface area contributed by atoms with E-state index in [2.05, 4.69) is 24.4 Å². The largest absolute Gasteiger partial charge is 0.305 e. The van der Waals surface area contributed by atoms with E-state index in [0.717, 1.165) is 18.5 Å². The molecule has 0 aliphatic rings. The topological polar surface area (TPSA) is 12.0 Å². The molecule has 1 heterocycles. The molecule has 0 fully saturated rings. The highest BCUT2D eigenvalue weighted by Crippen LogP contribution is 2.29. The second-order valence-corrected chi connectivity index (χ2v) is 6.68. The van der Waals surface area contributed by atoms with Gasteiger partial charge in [-0.1, -0.05) is 30.1 Å². The number of halogens is 3. The Morgan fingerprint density at radius 1 is 1.20 bits per heavy atom. The molecule has 0 saturated carbocycles. The van der Waals surface area contributed by atoms with E-state index >= 15 is 0 Å². The third-order valence-corrected chi connectivity index (χ3v) is 5.00. The van der Waals surface area contributed by atoms with Crippen LogP contribution in [0.15, 0.2) is 24.3 Å². The van der Waals surface area contributed by atoms with E-state index in [1.807, 2.05) is 6.92 Å². The zero-order valence-electron chi connectivity index (χ0n) is 11.3. The van der Waals surface area contributed by atoms with Crippen molar-refractivity contribution in [1.82, 2.24) is 5.32 Å². The zero-order valence-corrected chi connectivity index (χ0v) is 13.7. The van der Waals surface area contributed by atoms with Gasteiger partial charge in [0.05, 0.1) is 5.02 Å². The number of rotatable bonds is 5. The van der Waals surface area contributed by atoms with Crippen molar-refractivity contribution in [3.8, 4) is 0 Å². The molecule has 20 heavy (non-hydrogen) atoms. The zero-order chi connectivity index (χ0) is 14.7. The minimum absolute atomic E-state index is 0.0403. The molecule has 0 aliphatic carbocycles. The fraction of sp³-hybridized carbons (Fsp3) is 0.333. The van der Waals surface area contributed by atoms with Crippen molar-refractivity contribution in [1.29, 1.82) is 0 Å². The van der Waals surface area contributed by atoms with E-state index < -0.39 is 5.82 Å². The molecule has 1 aromatic carbocycles. The van der Waals surface area contributed by atoms with Gasteiger partial charge in [0.15, 0.2) is 0 Å². The Morgan fingerprint density at radius 3 is 2.55 bits per heavy atom. The van der Waals surface area contributed by atoms with Gasteiger partial charge >= 0.3 is 0 Å². The van der Waals surface area contributed by atoms with E-state index in [1.165, 1.54) is 21.9 Å². The summed E-state index contributed by atoms with van der Waals surface area (Å²) in [5.74, 6) is -0.441. The molecule has 1 aromatic heterocycles. The summed E-state index contributed by atoms with van der Waals surface area (Å²) in [7, 11) is 0. The molecule has 108 valence electrons. The Morgan fingerprint density at radius 2 is 1.90 bits per heavy atom. The van der Waals surface area contributed by atoms with Crippen LogP contribution in [0.25, 0.3) is 0 Å². The van der Waals surface area contributed by atoms with Crippen LogP contribution in [-0.4, -0.2) is 0 Å². The predicted molar refractivity (Wildman–Crippen MR) is 85.4 cm³/mol. The molecule has 1 unspecified atom stereocenters. The molecule has 1 atom stereocenters. The first kappa shape index (κ1) is 15.8. The van der Waals surface area contributed by atoms with Crippen molar-refractivity contribution < 1.29 is 4.39 Å². The third-order valence-electron chi connectivity index (χ3n) is 3.15. The molecule has 0 aliphatic heterocycles. The van der Waals surface area contributed by atoms with Crippen molar-refractivity contribution in [2.45, 2.75) is 32.9 Å². The SMILES string of the molecule is CCc1ccc(CNC(C)c2cc(F)c(Cl)cc2Cl)s1. The van der Waals surface area contributed by atoms with Crippen LogP contribution in [0.1, 0.15) is 35.2 Å². The minimum atomic E-state index is -0.441. The molecule has 1 nitrogen and oxygen atoms in total. The molecule has 2 rings (SSSR count). The monoisotopic (exact) mass is 331 g/mol. The van der Waals surface area contributed by atoms with Gasteiger partial charge in [-0.15, -0.1) is 11.3 Å². The van der Waals surface area contributed by atoms with Gasteiger partial charge < -0.3 is 5.32 Å². The highest BCUT2D eigenvalue weighted by atomic mass is 35.5. The van der Waals surface area contributed by atoms with Crippen molar-refractivity contribution in [2.75, 3.05) is 0 Å². The van der Waals surface area contributed by atoms with E-state index in [9.17, 15) is 4.39 Å². The van der Waals surface area contributed by atoms with Gasteiger partial charge in [0.1, 0.15) is 5.82 Å². The molecule has 5 heteroatoms. The van der Waals surface area contributed by atoms with Gasteiger partial charge in [-0.3, -0.25) is 0 Å². The maximum atomic E-state index is 13.5. The van der Waals surface area contributed by atoms with Gasteiger partial charge in [-0.2, -0.15) is 0 Å². The van der Waals surface area contributed by atoms with Crippen LogP contribution < -0.4 is 5.32 Å². The lowest BCUT2D eigenvalue weighted by molar-refractivity contribution is 0.568. The van der Waals surface area contributed by atoms with E-state index in [-0.39, 0.29) is 11.1 Å². The maximum Gasteiger partial charge on any atom is 0.142 e. The molecule has 2 aromatic rings. The van der Waals surface area contributed by atoms with Crippen LogP contribution in [0.3, 0.4) is 0 Å². The summed E-state index contributed by atoms with van der Waals surface area (Å²) < 4.78 is 13.5. The van der Waals surface area contributed by atoms with Crippen molar-refractivity contribution in [2.24, 2.45) is 0 Å². The summed E-state index contributed by atoms with van der Waals surface area (Å²) in [4.78, 5) is 2.63. The van der Waals surface area contributed by atoms with Gasteiger partial charge in [-0.25, -0.2) is 4.39 Å². The summed E-state index contributed by atoms with van der Waals surface area (Å²) >= 11 is 13.6. The Kier molecular flexibility index (Phi) is 5.44. The van der Waals surface area contributed by atoms with Crippen LogP contribution in [-0.2, 0) is 13.0 Å². The normalized spacial score (nSPS) is 12.7. The van der Waals surface area contributed by atoms with Gasteiger partial charge in [0.2, 0.25) is 0 Å². The van der Waals surface area contributed by atoms with Crippen LogP contribution in [0.5, 0.6) is 0 Å². The van der Waals surface area contributed by atoms with Crippen LogP contribution in [0.4, 0.5) is 4.39 Å². The number of nitrogens with one attached hydrogen (secondary N) is 1. The first-order valence-electron chi connectivity index (χ1n) is 6.46. The second kappa shape index (κ2) is 6.90. The molecule has 0 amide bonds. The van der Waals surface area contributed by atoms with Crippen LogP contribution in [0, 0.1) is 5.82 Å². The molecule has 0 radical (unpaired) electrons. The van der Waals surface area contributed by atoms with Gasteiger partial charge in [-0.05, 0) is 43.2 Å². The average molecular weight is 332 g/mol.